The zero-order valence-corrected chi connectivity index (χ0v) is 18.8. The normalized spacial score (nSPS) is 10.4. The minimum Gasteiger partial charge on any atom is -0.366 e. The van der Waals surface area contributed by atoms with Crippen molar-refractivity contribution in [2.45, 2.75) is 13.8 Å². The number of hydrogen-bond donors (Lipinski definition) is 1. The van der Waals surface area contributed by atoms with E-state index in [0.717, 1.165) is 16.7 Å². The molecule has 0 fully saturated rings. The predicted octanol–water partition coefficient (Wildman–Crippen LogP) is 5.31. The van der Waals surface area contributed by atoms with Crippen molar-refractivity contribution in [2.75, 3.05) is 4.90 Å². The highest BCUT2D eigenvalue weighted by molar-refractivity contribution is 6.11. The molecule has 2 N–H and O–H groups in total. The van der Waals surface area contributed by atoms with Gasteiger partial charge in [-0.1, -0.05) is 24.3 Å². The van der Waals surface area contributed by atoms with E-state index in [0.29, 0.717) is 33.8 Å². The lowest BCUT2D eigenvalue weighted by atomic mass is 9.96. The highest BCUT2D eigenvalue weighted by Gasteiger charge is 2.23. The largest absolute Gasteiger partial charge is 0.366 e. The number of primary amides is 1. The van der Waals surface area contributed by atoms with Crippen LogP contribution in [0.5, 0.6) is 0 Å². The molecule has 166 valence electrons. The van der Waals surface area contributed by atoms with Gasteiger partial charge < -0.3 is 5.73 Å². The second-order valence-corrected chi connectivity index (χ2v) is 7.88. The predicted molar refractivity (Wildman–Crippen MR) is 132 cm³/mol. The zero-order chi connectivity index (χ0) is 24.2. The maximum absolute atomic E-state index is 13.9. The highest BCUT2D eigenvalue weighted by atomic mass is 16.2. The van der Waals surface area contributed by atoms with Crippen LogP contribution in [0.25, 0.3) is 11.1 Å². The number of rotatable bonds is 5. The third-order valence-corrected chi connectivity index (χ3v) is 5.62. The first-order valence-corrected chi connectivity index (χ1v) is 10.7. The zero-order valence-electron chi connectivity index (χ0n) is 18.8. The molecule has 0 unspecified atom stereocenters. The average Bonchev–Trinajstić information content (AvgIpc) is 2.86. The third kappa shape index (κ3) is 4.41. The molecule has 0 saturated heterocycles. The number of aromatic nitrogens is 1. The van der Waals surface area contributed by atoms with Crippen molar-refractivity contribution >= 4 is 23.2 Å². The number of nitrogens with two attached hydrogens (primary N) is 1. The molecule has 4 aromatic rings. The molecule has 0 bridgehead atoms. The maximum atomic E-state index is 13.9. The molecule has 6 nitrogen and oxygen atoms in total. The van der Waals surface area contributed by atoms with Gasteiger partial charge in [-0.3, -0.25) is 19.5 Å². The third-order valence-electron chi connectivity index (χ3n) is 5.62. The molecule has 4 rings (SSSR count). The van der Waals surface area contributed by atoms with Gasteiger partial charge in [0.05, 0.1) is 28.7 Å². The van der Waals surface area contributed by atoms with Crippen molar-refractivity contribution in [2.24, 2.45) is 5.73 Å². The summed E-state index contributed by atoms with van der Waals surface area (Å²) in [5.41, 5.74) is 11.3. The van der Waals surface area contributed by atoms with Gasteiger partial charge >= 0.3 is 0 Å². The van der Waals surface area contributed by atoms with Gasteiger partial charge in [-0.05, 0) is 85.1 Å². The standard InChI is InChI=1S/C28H22N4O2/c1-18-8-9-23(16-25(18)21-10-12-22(13-11-21)27(30)33)28(34)32(26-7-4-14-31-19(26)2)24-6-3-5-20(15-24)17-29/h3-16H,1-2H3,(H2,30,33). The van der Waals surface area contributed by atoms with Gasteiger partial charge in [0.1, 0.15) is 0 Å². The molecular weight excluding hydrogens is 424 g/mol. The van der Waals surface area contributed by atoms with Crippen molar-refractivity contribution in [3.63, 3.8) is 0 Å². The molecule has 0 spiro atoms. The highest BCUT2D eigenvalue weighted by Crippen LogP contribution is 2.32. The number of nitrogens with zero attached hydrogens (tertiary/aromatic N) is 3. The van der Waals surface area contributed by atoms with Gasteiger partial charge in [0.15, 0.2) is 0 Å². The Morgan fingerprint density at radius 1 is 0.912 bits per heavy atom. The fourth-order valence-corrected chi connectivity index (χ4v) is 3.80. The fraction of sp³-hybridized carbons (Fsp3) is 0.0714. The van der Waals surface area contributed by atoms with Crippen molar-refractivity contribution in [1.82, 2.24) is 4.98 Å². The Balaban J connectivity index is 1.82. The van der Waals surface area contributed by atoms with E-state index in [4.69, 9.17) is 5.73 Å². The SMILES string of the molecule is Cc1ccc(C(=O)N(c2cccc(C#N)c2)c2cccnc2C)cc1-c1ccc(C(N)=O)cc1. The Kier molecular flexibility index (Phi) is 6.20. The first-order chi connectivity index (χ1) is 16.4. The van der Waals surface area contributed by atoms with E-state index in [-0.39, 0.29) is 5.91 Å². The molecule has 1 aromatic heterocycles. The second-order valence-electron chi connectivity index (χ2n) is 7.88. The monoisotopic (exact) mass is 446 g/mol. The van der Waals surface area contributed by atoms with Crippen molar-refractivity contribution in [1.29, 1.82) is 5.26 Å². The Labute approximate surface area is 197 Å². The van der Waals surface area contributed by atoms with Gasteiger partial charge in [-0.15, -0.1) is 0 Å². The smallest absolute Gasteiger partial charge is 0.262 e. The maximum Gasteiger partial charge on any atom is 0.262 e. The summed E-state index contributed by atoms with van der Waals surface area (Å²) in [5.74, 6) is -0.740. The van der Waals surface area contributed by atoms with Gasteiger partial charge in [0.25, 0.3) is 5.91 Å². The van der Waals surface area contributed by atoms with E-state index < -0.39 is 5.91 Å². The molecule has 0 saturated carbocycles. The van der Waals surface area contributed by atoms with Crippen LogP contribution in [-0.4, -0.2) is 16.8 Å². The van der Waals surface area contributed by atoms with Crippen LogP contribution in [0.4, 0.5) is 11.4 Å². The topological polar surface area (TPSA) is 100 Å². The summed E-state index contributed by atoms with van der Waals surface area (Å²) in [7, 11) is 0. The Hall–Kier alpha value is -4.76. The fourth-order valence-electron chi connectivity index (χ4n) is 3.80. The number of aryl methyl sites for hydroxylation is 2. The number of benzene rings is 3. The first kappa shape index (κ1) is 22.4. The van der Waals surface area contributed by atoms with Crippen molar-refractivity contribution in [3.8, 4) is 17.2 Å². The van der Waals surface area contributed by atoms with E-state index in [2.05, 4.69) is 11.1 Å². The minimum atomic E-state index is -0.491. The molecule has 34 heavy (non-hydrogen) atoms. The van der Waals surface area contributed by atoms with E-state index >= 15 is 0 Å². The van der Waals surface area contributed by atoms with Crippen LogP contribution in [0, 0.1) is 25.2 Å². The average molecular weight is 447 g/mol. The number of carbonyl (C=O) groups is 2. The lowest BCUT2D eigenvalue weighted by Crippen LogP contribution is -2.27. The number of carbonyl (C=O) groups excluding carboxylic acids is 2. The molecule has 2 amide bonds. The first-order valence-electron chi connectivity index (χ1n) is 10.7. The Bertz CT molecular complexity index is 1440. The summed E-state index contributed by atoms with van der Waals surface area (Å²) in [5, 5.41) is 9.38. The van der Waals surface area contributed by atoms with E-state index in [1.807, 2.05) is 44.2 Å². The van der Waals surface area contributed by atoms with Crippen LogP contribution in [0.15, 0.2) is 85.1 Å². The summed E-state index contributed by atoms with van der Waals surface area (Å²) < 4.78 is 0. The van der Waals surface area contributed by atoms with E-state index in [1.165, 1.54) is 0 Å². The molecule has 0 aliphatic carbocycles. The number of amides is 2. The van der Waals surface area contributed by atoms with Crippen LogP contribution in [0.3, 0.4) is 0 Å². The molecular formula is C28H22N4O2. The number of pyridine rings is 1. The van der Waals surface area contributed by atoms with E-state index in [9.17, 15) is 14.9 Å². The molecule has 6 heteroatoms. The lowest BCUT2D eigenvalue weighted by Gasteiger charge is -2.25. The summed E-state index contributed by atoms with van der Waals surface area (Å²) in [4.78, 5) is 31.2. The Morgan fingerprint density at radius 3 is 2.32 bits per heavy atom. The molecule has 3 aromatic carbocycles. The number of hydrogen-bond acceptors (Lipinski definition) is 4. The van der Waals surface area contributed by atoms with Crippen molar-refractivity contribution < 1.29 is 9.59 Å². The van der Waals surface area contributed by atoms with Crippen LogP contribution < -0.4 is 10.6 Å². The number of nitriles is 1. The molecule has 0 aliphatic heterocycles. The van der Waals surface area contributed by atoms with Gasteiger partial charge in [0, 0.05) is 17.3 Å². The summed E-state index contributed by atoms with van der Waals surface area (Å²) in [6.45, 7) is 3.80. The Morgan fingerprint density at radius 2 is 1.65 bits per heavy atom. The molecule has 1 heterocycles. The van der Waals surface area contributed by atoms with Crippen LogP contribution in [0.1, 0.15) is 37.5 Å². The van der Waals surface area contributed by atoms with Crippen molar-refractivity contribution in [3.05, 3.63) is 113 Å². The van der Waals surface area contributed by atoms with Gasteiger partial charge in [0.2, 0.25) is 5.91 Å². The lowest BCUT2D eigenvalue weighted by molar-refractivity contribution is 0.0991. The van der Waals surface area contributed by atoms with Crippen LogP contribution >= 0.6 is 0 Å². The summed E-state index contributed by atoms with van der Waals surface area (Å²) in [6, 6.07) is 25.1. The number of anilines is 2. The van der Waals surface area contributed by atoms with Gasteiger partial charge in [-0.2, -0.15) is 5.26 Å². The van der Waals surface area contributed by atoms with Crippen LogP contribution in [-0.2, 0) is 0 Å². The van der Waals surface area contributed by atoms with E-state index in [1.54, 1.807) is 59.6 Å². The summed E-state index contributed by atoms with van der Waals surface area (Å²) >= 11 is 0. The quantitative estimate of drug-likeness (QED) is 0.449. The second kappa shape index (κ2) is 9.39. The van der Waals surface area contributed by atoms with Crippen LogP contribution in [0.2, 0.25) is 0 Å². The molecule has 0 atom stereocenters. The van der Waals surface area contributed by atoms with Gasteiger partial charge in [-0.25, -0.2) is 0 Å². The minimum absolute atomic E-state index is 0.249. The molecule has 0 aliphatic rings. The summed E-state index contributed by atoms with van der Waals surface area (Å²) in [6.07, 6.45) is 1.67. The molecule has 0 radical (unpaired) electrons.